The first-order chi connectivity index (χ1) is 13.1. The third-order valence-corrected chi connectivity index (χ3v) is 6.54. The van der Waals surface area contributed by atoms with Gasteiger partial charge in [-0.3, -0.25) is 0 Å². The van der Waals surface area contributed by atoms with Gasteiger partial charge in [-0.25, -0.2) is 0 Å². The first kappa shape index (κ1) is 20.0. The highest BCUT2D eigenvalue weighted by atomic mass is 32.1. The summed E-state index contributed by atoms with van der Waals surface area (Å²) in [6.45, 7) is 7.28. The lowest BCUT2D eigenvalue weighted by Gasteiger charge is -2.23. The van der Waals surface area contributed by atoms with Crippen molar-refractivity contribution in [2.75, 3.05) is 18.5 Å². The molecule has 0 radical (unpaired) electrons. The molecule has 0 bridgehead atoms. The van der Waals surface area contributed by atoms with Gasteiger partial charge in [0.25, 0.3) is 0 Å². The average molecular weight is 406 g/mol. The van der Waals surface area contributed by atoms with E-state index in [9.17, 15) is 0 Å². The van der Waals surface area contributed by atoms with Crippen LogP contribution >= 0.6 is 23.6 Å². The zero-order valence-corrected chi connectivity index (χ0v) is 17.8. The fourth-order valence-corrected chi connectivity index (χ4v) is 5.13. The number of anilines is 1. The second kappa shape index (κ2) is 8.97. The van der Waals surface area contributed by atoms with Crippen LogP contribution in [0.25, 0.3) is 0 Å². The summed E-state index contributed by atoms with van der Waals surface area (Å²) in [6.07, 6.45) is 6.05. The summed E-state index contributed by atoms with van der Waals surface area (Å²) in [6, 6.07) is 5.73. The highest BCUT2D eigenvalue weighted by molar-refractivity contribution is 7.81. The van der Waals surface area contributed by atoms with Gasteiger partial charge in [-0.15, -0.1) is 10.2 Å². The second-order valence-electron chi connectivity index (χ2n) is 6.70. The fourth-order valence-electron chi connectivity index (χ4n) is 3.70. The van der Waals surface area contributed by atoms with Gasteiger partial charge in [-0.2, -0.15) is 0 Å². The molecule has 27 heavy (non-hydrogen) atoms. The summed E-state index contributed by atoms with van der Waals surface area (Å²) in [4.78, 5) is 0.544. The van der Waals surface area contributed by atoms with Gasteiger partial charge >= 0.3 is 0 Å². The van der Waals surface area contributed by atoms with Crippen molar-refractivity contribution in [3.63, 3.8) is 0 Å². The van der Waals surface area contributed by atoms with Crippen LogP contribution in [0.2, 0.25) is 0 Å². The van der Waals surface area contributed by atoms with Crippen LogP contribution in [-0.2, 0) is 5.41 Å². The molecular weight excluding hydrogens is 378 g/mol. The molecule has 1 aromatic carbocycles. The Labute approximate surface area is 170 Å². The average Bonchev–Trinajstić information content (AvgIpc) is 3.32. The minimum Gasteiger partial charge on any atom is -0.493 e. The summed E-state index contributed by atoms with van der Waals surface area (Å²) >= 11 is 7.29. The zero-order valence-electron chi connectivity index (χ0n) is 16.2. The maximum absolute atomic E-state index is 5.76. The van der Waals surface area contributed by atoms with E-state index in [1.807, 2.05) is 32.0 Å². The largest absolute Gasteiger partial charge is 0.493 e. The van der Waals surface area contributed by atoms with Crippen LogP contribution < -0.4 is 14.8 Å². The summed E-state index contributed by atoms with van der Waals surface area (Å²) in [5.74, 6) is 1.43. The fraction of sp³-hybridized carbons (Fsp3) is 0.550. The Morgan fingerprint density at radius 1 is 1.11 bits per heavy atom. The minimum absolute atomic E-state index is 0.193. The van der Waals surface area contributed by atoms with Crippen LogP contribution in [0.15, 0.2) is 18.2 Å². The van der Waals surface area contributed by atoms with E-state index in [0.717, 1.165) is 22.1 Å². The van der Waals surface area contributed by atoms with E-state index in [2.05, 4.69) is 22.4 Å². The summed E-state index contributed by atoms with van der Waals surface area (Å²) in [5.41, 5.74) is 0.956. The van der Waals surface area contributed by atoms with Crippen molar-refractivity contribution in [3.05, 3.63) is 28.8 Å². The van der Waals surface area contributed by atoms with Crippen molar-refractivity contribution in [1.82, 2.24) is 10.2 Å². The molecule has 7 heteroatoms. The summed E-state index contributed by atoms with van der Waals surface area (Å²) in [7, 11) is 0. The SMILES string of the molecule is CCOc1cccc(OCC)c1C(=S)Nc1nnc(C2(CC)CCCC2)s1. The van der Waals surface area contributed by atoms with E-state index in [4.69, 9.17) is 21.7 Å². The molecular formula is C20H27N3O2S2. The number of nitrogens with zero attached hydrogens (tertiary/aromatic N) is 2. The zero-order chi connectivity index (χ0) is 19.3. The molecule has 0 amide bonds. The van der Waals surface area contributed by atoms with Crippen LogP contribution in [0, 0.1) is 0 Å². The lowest BCUT2D eigenvalue weighted by molar-refractivity contribution is 0.322. The molecule has 1 N–H and O–H groups in total. The third kappa shape index (κ3) is 4.24. The number of ether oxygens (including phenoxy) is 2. The normalized spacial score (nSPS) is 15.5. The molecule has 1 aliphatic carbocycles. The van der Waals surface area contributed by atoms with Crippen LogP contribution in [0.1, 0.15) is 63.4 Å². The Kier molecular flexibility index (Phi) is 6.65. The number of benzene rings is 1. The predicted molar refractivity (Wildman–Crippen MR) is 114 cm³/mol. The highest BCUT2D eigenvalue weighted by Gasteiger charge is 2.37. The van der Waals surface area contributed by atoms with Crippen molar-refractivity contribution in [2.45, 2.75) is 58.3 Å². The van der Waals surface area contributed by atoms with E-state index in [1.165, 1.54) is 25.7 Å². The molecule has 3 rings (SSSR count). The monoisotopic (exact) mass is 405 g/mol. The topological polar surface area (TPSA) is 56.3 Å². The number of aromatic nitrogens is 2. The van der Waals surface area contributed by atoms with E-state index < -0.39 is 0 Å². The smallest absolute Gasteiger partial charge is 0.210 e. The molecule has 0 spiro atoms. The molecule has 1 saturated carbocycles. The van der Waals surface area contributed by atoms with Gasteiger partial charge in [-0.05, 0) is 45.2 Å². The molecule has 5 nitrogen and oxygen atoms in total. The van der Waals surface area contributed by atoms with Gasteiger partial charge in [0, 0.05) is 5.41 Å². The predicted octanol–water partition coefficient (Wildman–Crippen LogP) is 5.34. The number of rotatable bonds is 8. The van der Waals surface area contributed by atoms with Crippen LogP contribution in [-0.4, -0.2) is 28.4 Å². The Hall–Kier alpha value is -1.73. The van der Waals surface area contributed by atoms with Crippen LogP contribution in [0.5, 0.6) is 11.5 Å². The molecule has 1 aliphatic rings. The maximum atomic E-state index is 5.76. The summed E-state index contributed by atoms with van der Waals surface area (Å²) < 4.78 is 11.5. The summed E-state index contributed by atoms with van der Waals surface area (Å²) in [5, 5.41) is 14.0. The number of thiocarbonyl (C=S) groups is 1. The molecule has 2 aromatic rings. The number of nitrogens with one attached hydrogen (secondary N) is 1. The third-order valence-electron chi connectivity index (χ3n) is 5.15. The van der Waals surface area contributed by atoms with Gasteiger partial charge in [0.15, 0.2) is 0 Å². The standard InChI is InChI=1S/C20H27N3O2S2/c1-4-20(12-7-8-13-20)18-22-23-19(27-18)21-17(26)16-14(24-5-2)10-9-11-15(16)25-6-3/h9-11H,4-8,12-13H2,1-3H3,(H,21,23,26). The Balaban J connectivity index is 1.84. The maximum Gasteiger partial charge on any atom is 0.210 e. The van der Waals surface area contributed by atoms with E-state index in [0.29, 0.717) is 29.7 Å². The van der Waals surface area contributed by atoms with E-state index in [-0.39, 0.29) is 5.41 Å². The molecule has 0 unspecified atom stereocenters. The Morgan fingerprint density at radius 2 is 1.74 bits per heavy atom. The van der Waals surface area contributed by atoms with Crippen molar-refractivity contribution in [3.8, 4) is 11.5 Å². The van der Waals surface area contributed by atoms with Gasteiger partial charge in [0.1, 0.15) is 21.5 Å². The van der Waals surface area contributed by atoms with Gasteiger partial charge in [-0.1, -0.05) is 49.4 Å². The minimum atomic E-state index is 0.193. The Morgan fingerprint density at radius 3 is 2.30 bits per heavy atom. The molecule has 146 valence electrons. The molecule has 1 aromatic heterocycles. The highest BCUT2D eigenvalue weighted by Crippen LogP contribution is 2.45. The van der Waals surface area contributed by atoms with E-state index >= 15 is 0 Å². The number of hydrogen-bond donors (Lipinski definition) is 1. The van der Waals surface area contributed by atoms with Crippen molar-refractivity contribution in [2.24, 2.45) is 0 Å². The van der Waals surface area contributed by atoms with Gasteiger partial charge in [0.2, 0.25) is 5.13 Å². The van der Waals surface area contributed by atoms with Crippen molar-refractivity contribution >= 4 is 33.7 Å². The number of hydrogen-bond acceptors (Lipinski definition) is 6. The first-order valence-electron chi connectivity index (χ1n) is 9.67. The molecule has 0 aliphatic heterocycles. The van der Waals surface area contributed by atoms with Crippen molar-refractivity contribution < 1.29 is 9.47 Å². The second-order valence-corrected chi connectivity index (χ2v) is 8.09. The molecule has 1 heterocycles. The van der Waals surface area contributed by atoms with Crippen LogP contribution in [0.3, 0.4) is 0 Å². The lowest BCUT2D eigenvalue weighted by atomic mass is 9.84. The Bertz CT molecular complexity index is 761. The first-order valence-corrected chi connectivity index (χ1v) is 10.9. The molecule has 0 saturated heterocycles. The van der Waals surface area contributed by atoms with Crippen LogP contribution in [0.4, 0.5) is 5.13 Å². The quantitative estimate of drug-likeness (QED) is 0.598. The lowest BCUT2D eigenvalue weighted by Crippen LogP contribution is -2.20. The molecule has 0 atom stereocenters. The van der Waals surface area contributed by atoms with Gasteiger partial charge in [0.05, 0.1) is 18.8 Å². The van der Waals surface area contributed by atoms with E-state index in [1.54, 1.807) is 11.3 Å². The van der Waals surface area contributed by atoms with Crippen molar-refractivity contribution in [1.29, 1.82) is 0 Å². The van der Waals surface area contributed by atoms with Gasteiger partial charge < -0.3 is 14.8 Å². The molecule has 1 fully saturated rings.